The predicted molar refractivity (Wildman–Crippen MR) is 138 cm³/mol. The fraction of sp³-hybridized carbons (Fsp3) is 0.483. The maximum atomic E-state index is 13.9. The van der Waals surface area contributed by atoms with Crippen LogP contribution in [0.25, 0.3) is 17.4 Å². The highest BCUT2D eigenvalue weighted by Gasteiger charge is 2.31. The van der Waals surface area contributed by atoms with Crippen molar-refractivity contribution in [3.63, 3.8) is 0 Å². The van der Waals surface area contributed by atoms with E-state index >= 15 is 0 Å². The fourth-order valence-electron chi connectivity index (χ4n) is 3.59. The van der Waals surface area contributed by atoms with E-state index in [2.05, 4.69) is 47.6 Å². The van der Waals surface area contributed by atoms with Gasteiger partial charge in [-0.3, -0.25) is 0 Å². The van der Waals surface area contributed by atoms with Gasteiger partial charge >= 0.3 is 5.97 Å². The predicted octanol–water partition coefficient (Wildman–Crippen LogP) is 8.05. The average Bonchev–Trinajstić information content (AvgIpc) is 3.28. The lowest BCUT2D eigenvalue weighted by Gasteiger charge is -2.32. The van der Waals surface area contributed by atoms with E-state index < -0.39 is 25.4 Å². The van der Waals surface area contributed by atoms with Gasteiger partial charge in [0.15, 0.2) is 6.17 Å². The van der Waals surface area contributed by atoms with Gasteiger partial charge in [-0.25, -0.2) is 13.6 Å². The third kappa shape index (κ3) is 7.06. The minimum Gasteiger partial charge on any atom is -0.489 e. The number of allylic oxidation sites excluding steroid dienone is 2. The molecule has 2 aromatic rings. The highest BCUT2D eigenvalue weighted by atomic mass is 19.2. The van der Waals surface area contributed by atoms with Crippen molar-refractivity contribution in [2.75, 3.05) is 13.3 Å². The van der Waals surface area contributed by atoms with Gasteiger partial charge in [0.05, 0.1) is 11.8 Å². The molecule has 1 atom stereocenters. The van der Waals surface area contributed by atoms with E-state index in [0.29, 0.717) is 22.6 Å². The topological polar surface area (TPSA) is 59.7 Å². The molecule has 1 N–H and O–H groups in total. The summed E-state index contributed by atoms with van der Waals surface area (Å²) < 4.78 is 38.7. The molecule has 6 heteroatoms. The number of carboxylic acids is 1. The molecule has 2 rings (SSSR count). The smallest absolute Gasteiger partial charge is 0.328 e. The number of aliphatic carboxylic acids is 1. The van der Waals surface area contributed by atoms with Gasteiger partial charge in [-0.05, 0) is 53.9 Å². The molecule has 0 radical (unpaired) electrons. The molecule has 0 aliphatic heterocycles. The Hall–Kier alpha value is -2.89. The summed E-state index contributed by atoms with van der Waals surface area (Å²) in [4.78, 5) is 11.0. The van der Waals surface area contributed by atoms with Gasteiger partial charge in [-0.2, -0.15) is 0 Å². The van der Waals surface area contributed by atoms with Gasteiger partial charge in [0.2, 0.25) is 0 Å². The Kier molecular flexibility index (Phi) is 9.47. The molecule has 192 valence electrons. The Labute approximate surface area is 207 Å². The van der Waals surface area contributed by atoms with Gasteiger partial charge in [0, 0.05) is 17.2 Å². The number of hydrogen-bond donors (Lipinski definition) is 1. The maximum Gasteiger partial charge on any atom is 0.328 e. The Morgan fingerprint density at radius 1 is 1.17 bits per heavy atom. The average molecular weight is 489 g/mol. The summed E-state index contributed by atoms with van der Waals surface area (Å²) in [5.41, 5.74) is 3.52. The summed E-state index contributed by atoms with van der Waals surface area (Å²) in [7, 11) is 0. The molecule has 0 saturated heterocycles. The molecule has 35 heavy (non-hydrogen) atoms. The Balaban J connectivity index is 2.81. The molecule has 0 amide bonds. The van der Waals surface area contributed by atoms with Crippen LogP contribution in [-0.4, -0.2) is 30.5 Å². The molecule has 0 saturated carbocycles. The summed E-state index contributed by atoms with van der Waals surface area (Å²) in [5, 5.41) is 8.99. The van der Waals surface area contributed by atoms with Crippen molar-refractivity contribution in [1.29, 1.82) is 0 Å². The second kappa shape index (κ2) is 11.7. The molecular weight excluding hydrogens is 450 g/mol. The summed E-state index contributed by atoms with van der Waals surface area (Å²) in [6, 6.07) is 5.91. The Morgan fingerprint density at radius 3 is 2.40 bits per heavy atom. The van der Waals surface area contributed by atoms with E-state index in [0.717, 1.165) is 35.6 Å². The van der Waals surface area contributed by atoms with Crippen molar-refractivity contribution in [3.05, 3.63) is 58.9 Å². The summed E-state index contributed by atoms with van der Waals surface area (Å²) >= 11 is 0. The molecule has 0 aliphatic carbocycles. The first-order valence-corrected chi connectivity index (χ1v) is 12.0. The minimum atomic E-state index is -1.73. The lowest BCUT2D eigenvalue weighted by molar-refractivity contribution is -0.131. The van der Waals surface area contributed by atoms with E-state index in [1.54, 1.807) is 31.4 Å². The highest BCUT2D eigenvalue weighted by Crippen LogP contribution is 2.46. The van der Waals surface area contributed by atoms with Crippen LogP contribution in [0.15, 0.2) is 46.6 Å². The van der Waals surface area contributed by atoms with E-state index in [1.165, 1.54) is 0 Å². The summed E-state index contributed by atoms with van der Waals surface area (Å²) in [6.45, 7) is 12.9. The number of ether oxygens (including phenoxy) is 1. The quantitative estimate of drug-likeness (QED) is 0.242. The number of rotatable bonds is 12. The van der Waals surface area contributed by atoms with Gasteiger partial charge < -0.3 is 14.3 Å². The van der Waals surface area contributed by atoms with Gasteiger partial charge in [-0.15, -0.1) is 0 Å². The number of furan rings is 1. The number of halogens is 2. The van der Waals surface area contributed by atoms with Crippen LogP contribution in [-0.2, 0) is 15.6 Å². The molecule has 1 aromatic carbocycles. The van der Waals surface area contributed by atoms with E-state index in [9.17, 15) is 13.6 Å². The van der Waals surface area contributed by atoms with Crippen LogP contribution in [0.3, 0.4) is 0 Å². The maximum absolute atomic E-state index is 13.9. The summed E-state index contributed by atoms with van der Waals surface area (Å²) in [6.07, 6.45) is 6.13. The van der Waals surface area contributed by atoms with Gasteiger partial charge in [0.1, 0.15) is 24.8 Å². The number of carboxylic acid groups (broad SMARTS) is 1. The largest absolute Gasteiger partial charge is 0.489 e. The van der Waals surface area contributed by atoms with Crippen LogP contribution in [0.1, 0.15) is 78.0 Å². The van der Waals surface area contributed by atoms with Gasteiger partial charge in [-0.1, -0.05) is 59.8 Å². The molecule has 0 bridgehead atoms. The number of alkyl halides is 2. The zero-order valence-corrected chi connectivity index (χ0v) is 21.9. The summed E-state index contributed by atoms with van der Waals surface area (Å²) in [5.74, 6) is -0.0206. The first-order valence-electron chi connectivity index (χ1n) is 12.0. The SMILES string of the molecule is CCC(C)(C)c1cc(-c2occc2C=CC(C)=CC(=O)O)c(OCC(F)CF)c(C(C)(C)CC)c1. The first-order chi connectivity index (χ1) is 16.4. The lowest BCUT2D eigenvalue weighted by Crippen LogP contribution is -2.23. The third-order valence-electron chi connectivity index (χ3n) is 6.76. The molecule has 0 aliphatic rings. The second-order valence-corrected chi connectivity index (χ2v) is 10.2. The van der Waals surface area contributed by atoms with Crippen molar-refractivity contribution in [2.45, 2.75) is 78.3 Å². The van der Waals surface area contributed by atoms with E-state index in [4.69, 9.17) is 14.3 Å². The van der Waals surface area contributed by atoms with Crippen LogP contribution in [0.2, 0.25) is 0 Å². The standard InChI is InChI=1S/C29H38F2O4/c1-8-28(4,5)21-15-23(26-20(12-13-34-26)11-10-19(3)14-25(32)33)27(35-18-22(31)17-30)24(16-21)29(6,7)9-2/h10-16,22H,8-9,17-18H2,1-7H3,(H,32,33). The van der Waals surface area contributed by atoms with Crippen LogP contribution in [0.5, 0.6) is 5.75 Å². The second-order valence-electron chi connectivity index (χ2n) is 10.2. The van der Waals surface area contributed by atoms with E-state index in [1.807, 2.05) is 6.07 Å². The monoisotopic (exact) mass is 488 g/mol. The molecular formula is C29H38F2O4. The van der Waals surface area contributed by atoms with Crippen molar-refractivity contribution in [2.24, 2.45) is 0 Å². The van der Waals surface area contributed by atoms with Crippen molar-refractivity contribution in [3.8, 4) is 17.1 Å². The number of hydrogen-bond acceptors (Lipinski definition) is 3. The Bertz CT molecular complexity index is 1080. The van der Waals surface area contributed by atoms with Crippen LogP contribution in [0.4, 0.5) is 8.78 Å². The van der Waals surface area contributed by atoms with E-state index in [-0.39, 0.29) is 10.8 Å². The van der Waals surface area contributed by atoms with Gasteiger partial charge in [0.25, 0.3) is 0 Å². The molecule has 0 fully saturated rings. The van der Waals surface area contributed by atoms with Crippen molar-refractivity contribution in [1.82, 2.24) is 0 Å². The minimum absolute atomic E-state index is 0.142. The lowest BCUT2D eigenvalue weighted by atomic mass is 9.75. The fourth-order valence-corrected chi connectivity index (χ4v) is 3.59. The molecule has 1 aromatic heterocycles. The molecule has 4 nitrogen and oxygen atoms in total. The number of carbonyl (C=O) groups is 1. The zero-order valence-electron chi connectivity index (χ0n) is 21.9. The normalized spacial score (nSPS) is 13.9. The van der Waals surface area contributed by atoms with Crippen LogP contribution >= 0.6 is 0 Å². The highest BCUT2D eigenvalue weighted by molar-refractivity contribution is 5.82. The zero-order chi connectivity index (χ0) is 26.4. The van der Waals surface area contributed by atoms with Crippen LogP contribution in [0, 0.1) is 0 Å². The number of benzene rings is 1. The molecule has 1 heterocycles. The molecule has 0 spiro atoms. The molecule has 1 unspecified atom stereocenters. The van der Waals surface area contributed by atoms with Crippen LogP contribution < -0.4 is 4.74 Å². The first kappa shape index (κ1) is 28.3. The Morgan fingerprint density at radius 2 is 1.83 bits per heavy atom. The third-order valence-corrected chi connectivity index (χ3v) is 6.76. The van der Waals surface area contributed by atoms with Crippen molar-refractivity contribution >= 4 is 12.0 Å². The van der Waals surface area contributed by atoms with Crippen molar-refractivity contribution < 1.29 is 27.8 Å².